The number of benzene rings is 1. The summed E-state index contributed by atoms with van der Waals surface area (Å²) in [5.74, 6) is -0.541. The van der Waals surface area contributed by atoms with Crippen molar-refractivity contribution in [3.8, 4) is 0 Å². The van der Waals surface area contributed by atoms with Crippen LogP contribution in [0.3, 0.4) is 0 Å². The van der Waals surface area contributed by atoms with Crippen LogP contribution >= 0.6 is 11.8 Å². The molecule has 2 heterocycles. The molecular formula is C15H16N4O4S. The second kappa shape index (κ2) is 6.60. The van der Waals surface area contributed by atoms with Gasteiger partial charge in [0.05, 0.1) is 4.92 Å². The van der Waals surface area contributed by atoms with Gasteiger partial charge in [0.15, 0.2) is 5.17 Å². The number of nitrogens with zero attached hydrogens (tertiary/aromatic N) is 3. The SMILES string of the molecule is Cc1ccc(NC(=O)CC2SC3=NCCCN3C2=O)c([N+](=O)[O-])c1. The second-order valence-electron chi connectivity index (χ2n) is 5.64. The number of carbonyl (C=O) groups is 2. The van der Waals surface area contributed by atoms with Crippen molar-refractivity contribution < 1.29 is 14.5 Å². The summed E-state index contributed by atoms with van der Waals surface area (Å²) in [6.45, 7) is 3.07. The molecule has 1 fully saturated rings. The number of amides is 2. The summed E-state index contributed by atoms with van der Waals surface area (Å²) in [6, 6.07) is 4.59. The Morgan fingerprint density at radius 1 is 1.54 bits per heavy atom. The molecule has 1 aromatic carbocycles. The number of hydrogen-bond acceptors (Lipinski definition) is 6. The van der Waals surface area contributed by atoms with Crippen LogP contribution in [-0.2, 0) is 9.59 Å². The molecule has 2 amide bonds. The monoisotopic (exact) mass is 348 g/mol. The largest absolute Gasteiger partial charge is 0.320 e. The van der Waals surface area contributed by atoms with Crippen LogP contribution in [0.2, 0.25) is 0 Å². The number of aliphatic imine (C=N–C) groups is 1. The third-order valence-corrected chi connectivity index (χ3v) is 5.01. The van der Waals surface area contributed by atoms with Crippen LogP contribution < -0.4 is 5.32 Å². The second-order valence-corrected chi connectivity index (χ2v) is 6.81. The van der Waals surface area contributed by atoms with Crippen molar-refractivity contribution >= 4 is 40.1 Å². The average Bonchev–Trinajstić information content (AvgIpc) is 2.85. The minimum absolute atomic E-state index is 0.0376. The maximum Gasteiger partial charge on any atom is 0.293 e. The van der Waals surface area contributed by atoms with Crippen LogP contribution in [0.1, 0.15) is 18.4 Å². The lowest BCUT2D eigenvalue weighted by Gasteiger charge is -2.19. The lowest BCUT2D eigenvalue weighted by molar-refractivity contribution is -0.384. The lowest BCUT2D eigenvalue weighted by atomic mass is 10.2. The Balaban J connectivity index is 1.69. The molecule has 0 saturated carbocycles. The summed E-state index contributed by atoms with van der Waals surface area (Å²) < 4.78 is 0. The van der Waals surface area contributed by atoms with E-state index in [1.165, 1.54) is 23.9 Å². The highest BCUT2D eigenvalue weighted by Gasteiger charge is 2.39. The predicted octanol–water partition coefficient (Wildman–Crippen LogP) is 1.94. The molecule has 0 radical (unpaired) electrons. The molecule has 1 atom stereocenters. The molecule has 1 aromatic rings. The van der Waals surface area contributed by atoms with Gasteiger partial charge in [-0.1, -0.05) is 17.8 Å². The third-order valence-electron chi connectivity index (χ3n) is 3.80. The summed E-state index contributed by atoms with van der Waals surface area (Å²) in [5, 5.41) is 13.8. The van der Waals surface area contributed by atoms with Crippen molar-refractivity contribution in [2.24, 2.45) is 4.99 Å². The van der Waals surface area contributed by atoms with Crippen molar-refractivity contribution in [2.75, 3.05) is 18.4 Å². The predicted molar refractivity (Wildman–Crippen MR) is 91.1 cm³/mol. The number of thioether (sulfide) groups is 1. The minimum Gasteiger partial charge on any atom is -0.320 e. The van der Waals surface area contributed by atoms with Gasteiger partial charge in [0.1, 0.15) is 10.9 Å². The van der Waals surface area contributed by atoms with E-state index in [-0.39, 0.29) is 23.7 Å². The fraction of sp³-hybridized carbons (Fsp3) is 0.400. The van der Waals surface area contributed by atoms with Gasteiger partial charge in [-0.2, -0.15) is 0 Å². The van der Waals surface area contributed by atoms with E-state index in [1.807, 2.05) is 0 Å². The van der Waals surface area contributed by atoms with Crippen molar-refractivity contribution in [1.29, 1.82) is 0 Å². The van der Waals surface area contributed by atoms with Crippen LogP contribution in [0.15, 0.2) is 23.2 Å². The van der Waals surface area contributed by atoms with Gasteiger partial charge < -0.3 is 5.32 Å². The number of nitro groups is 1. The number of hydrogen-bond donors (Lipinski definition) is 1. The van der Waals surface area contributed by atoms with Crippen LogP contribution in [0.5, 0.6) is 0 Å². The van der Waals surface area contributed by atoms with E-state index < -0.39 is 16.1 Å². The standard InChI is InChI=1S/C15H16N4O4S/c1-9-3-4-10(11(7-9)19(22)23)17-13(20)8-12-14(21)18-6-2-5-16-15(18)24-12/h3-4,7,12H,2,5-6,8H2,1H3,(H,17,20). The summed E-state index contributed by atoms with van der Waals surface area (Å²) in [4.78, 5) is 41.0. The molecule has 0 bridgehead atoms. The molecule has 126 valence electrons. The van der Waals surface area contributed by atoms with E-state index in [0.29, 0.717) is 18.3 Å². The van der Waals surface area contributed by atoms with Gasteiger partial charge in [-0.15, -0.1) is 0 Å². The van der Waals surface area contributed by atoms with Crippen molar-refractivity contribution in [3.63, 3.8) is 0 Å². The zero-order valence-electron chi connectivity index (χ0n) is 13.0. The average molecular weight is 348 g/mol. The van der Waals surface area contributed by atoms with Gasteiger partial charge in [-0.05, 0) is 25.0 Å². The molecule has 1 N–H and O–H groups in total. The number of anilines is 1. The van der Waals surface area contributed by atoms with Gasteiger partial charge in [0, 0.05) is 25.6 Å². The molecule has 2 aliphatic heterocycles. The normalized spacial score (nSPS) is 19.7. The topological polar surface area (TPSA) is 105 Å². The first kappa shape index (κ1) is 16.4. The maximum atomic E-state index is 12.3. The van der Waals surface area contributed by atoms with Crippen LogP contribution in [0.25, 0.3) is 0 Å². The molecule has 0 spiro atoms. The Kier molecular flexibility index (Phi) is 4.52. The number of fused-ring (bicyclic) bond motifs is 1. The molecular weight excluding hydrogens is 332 g/mol. The van der Waals surface area contributed by atoms with Crippen LogP contribution in [-0.4, -0.2) is 45.1 Å². The Morgan fingerprint density at radius 3 is 3.04 bits per heavy atom. The zero-order chi connectivity index (χ0) is 17.3. The fourth-order valence-electron chi connectivity index (χ4n) is 2.64. The molecule has 2 aliphatic rings. The fourth-order valence-corrected chi connectivity index (χ4v) is 3.83. The van der Waals surface area contributed by atoms with E-state index in [1.54, 1.807) is 17.9 Å². The lowest BCUT2D eigenvalue weighted by Crippen LogP contribution is -2.36. The maximum absolute atomic E-state index is 12.3. The number of aryl methyl sites for hydroxylation is 1. The van der Waals surface area contributed by atoms with Gasteiger partial charge >= 0.3 is 0 Å². The van der Waals surface area contributed by atoms with E-state index in [9.17, 15) is 19.7 Å². The third kappa shape index (κ3) is 3.25. The molecule has 1 unspecified atom stereocenters. The molecule has 0 aliphatic carbocycles. The van der Waals surface area contributed by atoms with Crippen molar-refractivity contribution in [2.45, 2.75) is 25.0 Å². The molecule has 1 saturated heterocycles. The first-order chi connectivity index (χ1) is 11.5. The molecule has 0 aromatic heterocycles. The Labute approximate surface area is 142 Å². The van der Waals surface area contributed by atoms with Crippen LogP contribution in [0.4, 0.5) is 11.4 Å². The molecule has 24 heavy (non-hydrogen) atoms. The minimum atomic E-state index is -0.535. The number of nitrogens with one attached hydrogen (secondary N) is 1. The highest BCUT2D eigenvalue weighted by Crippen LogP contribution is 2.32. The van der Waals surface area contributed by atoms with E-state index in [4.69, 9.17) is 0 Å². The summed E-state index contributed by atoms with van der Waals surface area (Å²) in [6.07, 6.45) is 0.786. The summed E-state index contributed by atoms with van der Waals surface area (Å²) >= 11 is 1.29. The highest BCUT2D eigenvalue weighted by molar-refractivity contribution is 8.15. The Morgan fingerprint density at radius 2 is 2.33 bits per heavy atom. The molecule has 9 heteroatoms. The van der Waals surface area contributed by atoms with E-state index in [0.717, 1.165) is 12.0 Å². The summed E-state index contributed by atoms with van der Waals surface area (Å²) in [5.41, 5.74) is 0.716. The molecule has 8 nitrogen and oxygen atoms in total. The van der Waals surface area contributed by atoms with Gasteiger partial charge in [-0.3, -0.25) is 29.6 Å². The smallest absolute Gasteiger partial charge is 0.293 e. The first-order valence-corrected chi connectivity index (χ1v) is 8.41. The van der Waals surface area contributed by atoms with E-state index >= 15 is 0 Å². The van der Waals surface area contributed by atoms with E-state index in [2.05, 4.69) is 10.3 Å². The first-order valence-electron chi connectivity index (χ1n) is 7.53. The van der Waals surface area contributed by atoms with Gasteiger partial charge in [0.2, 0.25) is 11.8 Å². The van der Waals surface area contributed by atoms with Crippen LogP contribution in [0, 0.1) is 17.0 Å². The van der Waals surface area contributed by atoms with Gasteiger partial charge in [-0.25, -0.2) is 0 Å². The number of rotatable bonds is 4. The Bertz CT molecular complexity index is 749. The summed E-state index contributed by atoms with van der Waals surface area (Å²) in [7, 11) is 0. The van der Waals surface area contributed by atoms with Crippen molar-refractivity contribution in [1.82, 2.24) is 4.90 Å². The number of amidine groups is 1. The highest BCUT2D eigenvalue weighted by atomic mass is 32.2. The number of carbonyl (C=O) groups excluding carboxylic acids is 2. The molecule has 3 rings (SSSR count). The van der Waals surface area contributed by atoms with Gasteiger partial charge in [0.25, 0.3) is 5.69 Å². The Hall–Kier alpha value is -2.42. The number of nitro benzene ring substituents is 1. The quantitative estimate of drug-likeness (QED) is 0.661. The zero-order valence-corrected chi connectivity index (χ0v) is 13.8. The van der Waals surface area contributed by atoms with Crippen molar-refractivity contribution in [3.05, 3.63) is 33.9 Å².